The van der Waals surface area contributed by atoms with Crippen LogP contribution in [-0.4, -0.2) is 12.6 Å². The minimum atomic E-state index is 0.0697. The molecule has 1 unspecified atom stereocenters. The van der Waals surface area contributed by atoms with Crippen LogP contribution in [-0.2, 0) is 11.2 Å². The van der Waals surface area contributed by atoms with Crippen LogP contribution >= 0.6 is 11.3 Å². The van der Waals surface area contributed by atoms with E-state index in [0.717, 1.165) is 6.42 Å². The zero-order valence-electron chi connectivity index (χ0n) is 9.12. The normalized spacial score (nSPS) is 13.5. The van der Waals surface area contributed by atoms with Gasteiger partial charge in [0.1, 0.15) is 6.10 Å². The Labute approximate surface area is 90.1 Å². The summed E-state index contributed by atoms with van der Waals surface area (Å²) in [6.45, 7) is 6.80. The zero-order valence-corrected chi connectivity index (χ0v) is 9.93. The van der Waals surface area contributed by atoms with Crippen LogP contribution in [0, 0.1) is 0 Å². The molecule has 0 bridgehead atoms. The molecule has 14 heavy (non-hydrogen) atoms. The van der Waals surface area contributed by atoms with Crippen LogP contribution in [0.2, 0.25) is 0 Å². The molecule has 0 radical (unpaired) electrons. The summed E-state index contributed by atoms with van der Waals surface area (Å²) >= 11 is 1.80. The van der Waals surface area contributed by atoms with Gasteiger partial charge in [-0.2, -0.15) is 0 Å². The number of rotatable bonds is 5. The number of hydrogen-bond acceptors (Lipinski definition) is 3. The molecule has 0 fully saturated rings. The predicted octanol–water partition coefficient (Wildman–Crippen LogP) is 2.74. The fraction of sp³-hybridized carbons (Fsp3) is 0.636. The van der Waals surface area contributed by atoms with E-state index in [9.17, 15) is 0 Å². The second-order valence-electron chi connectivity index (χ2n) is 3.57. The predicted molar refractivity (Wildman–Crippen MR) is 61.7 cm³/mol. The quantitative estimate of drug-likeness (QED) is 0.816. The van der Waals surface area contributed by atoms with E-state index in [-0.39, 0.29) is 12.2 Å². The molecule has 0 aliphatic carbocycles. The van der Waals surface area contributed by atoms with E-state index in [0.29, 0.717) is 6.54 Å². The SMILES string of the molecule is CCc1ccc(C(CN)OC(C)C)s1. The van der Waals surface area contributed by atoms with Crippen molar-refractivity contribution in [2.24, 2.45) is 5.73 Å². The summed E-state index contributed by atoms with van der Waals surface area (Å²) in [5, 5.41) is 0. The lowest BCUT2D eigenvalue weighted by molar-refractivity contribution is 0.0140. The molecule has 1 rings (SSSR count). The Hall–Kier alpha value is -0.380. The largest absolute Gasteiger partial charge is 0.369 e. The number of nitrogens with two attached hydrogens (primary N) is 1. The van der Waals surface area contributed by atoms with Gasteiger partial charge in [0.2, 0.25) is 0 Å². The maximum absolute atomic E-state index is 5.73. The molecule has 80 valence electrons. The number of ether oxygens (including phenoxy) is 1. The molecule has 3 heteroatoms. The van der Waals surface area contributed by atoms with E-state index in [1.54, 1.807) is 11.3 Å². The standard InChI is InChI=1S/C11H19NOS/c1-4-9-5-6-11(14-9)10(7-12)13-8(2)3/h5-6,8,10H,4,7,12H2,1-3H3. The fourth-order valence-corrected chi connectivity index (χ4v) is 2.33. The van der Waals surface area contributed by atoms with Gasteiger partial charge < -0.3 is 10.5 Å². The summed E-state index contributed by atoms with van der Waals surface area (Å²) in [4.78, 5) is 2.64. The third-order valence-corrected chi connectivity index (χ3v) is 3.32. The molecular formula is C11H19NOS. The van der Waals surface area contributed by atoms with E-state index < -0.39 is 0 Å². The van der Waals surface area contributed by atoms with Crippen molar-refractivity contribution in [2.45, 2.75) is 39.4 Å². The zero-order chi connectivity index (χ0) is 10.6. The first kappa shape index (κ1) is 11.7. The van der Waals surface area contributed by atoms with Crippen molar-refractivity contribution in [3.05, 3.63) is 21.9 Å². The van der Waals surface area contributed by atoms with Crippen molar-refractivity contribution < 1.29 is 4.74 Å². The highest BCUT2D eigenvalue weighted by Gasteiger charge is 2.13. The lowest BCUT2D eigenvalue weighted by Crippen LogP contribution is -2.18. The first-order valence-corrected chi connectivity index (χ1v) is 5.93. The average Bonchev–Trinajstić information content (AvgIpc) is 2.62. The van der Waals surface area contributed by atoms with Crippen LogP contribution in [0.5, 0.6) is 0 Å². The van der Waals surface area contributed by atoms with Crippen LogP contribution in [0.3, 0.4) is 0 Å². The molecule has 2 nitrogen and oxygen atoms in total. The van der Waals surface area contributed by atoms with E-state index in [2.05, 4.69) is 19.1 Å². The van der Waals surface area contributed by atoms with Crippen LogP contribution < -0.4 is 5.73 Å². The lowest BCUT2D eigenvalue weighted by Gasteiger charge is -2.17. The molecule has 0 saturated carbocycles. The summed E-state index contributed by atoms with van der Waals surface area (Å²) < 4.78 is 5.73. The van der Waals surface area contributed by atoms with Crippen LogP contribution in [0.25, 0.3) is 0 Å². The molecule has 2 N–H and O–H groups in total. The second-order valence-corrected chi connectivity index (χ2v) is 4.77. The topological polar surface area (TPSA) is 35.2 Å². The van der Waals surface area contributed by atoms with Gasteiger partial charge >= 0.3 is 0 Å². The van der Waals surface area contributed by atoms with Gasteiger partial charge in [-0.15, -0.1) is 11.3 Å². The molecular weight excluding hydrogens is 194 g/mol. The Morgan fingerprint density at radius 1 is 1.43 bits per heavy atom. The smallest absolute Gasteiger partial charge is 0.104 e. The Kier molecular flexibility index (Phi) is 4.58. The number of hydrogen-bond donors (Lipinski definition) is 1. The van der Waals surface area contributed by atoms with Crippen molar-refractivity contribution >= 4 is 11.3 Å². The highest BCUT2D eigenvalue weighted by atomic mass is 32.1. The van der Waals surface area contributed by atoms with Crippen molar-refractivity contribution in [3.8, 4) is 0 Å². The molecule has 1 aromatic rings. The van der Waals surface area contributed by atoms with Gasteiger partial charge in [0.25, 0.3) is 0 Å². The van der Waals surface area contributed by atoms with Crippen LogP contribution in [0.1, 0.15) is 36.6 Å². The van der Waals surface area contributed by atoms with E-state index in [4.69, 9.17) is 10.5 Å². The van der Waals surface area contributed by atoms with E-state index >= 15 is 0 Å². The highest BCUT2D eigenvalue weighted by molar-refractivity contribution is 7.12. The van der Waals surface area contributed by atoms with E-state index in [1.165, 1.54) is 9.75 Å². The number of aryl methyl sites for hydroxylation is 1. The summed E-state index contributed by atoms with van der Waals surface area (Å²) in [5.41, 5.74) is 5.69. The van der Waals surface area contributed by atoms with Gasteiger partial charge in [-0.05, 0) is 32.4 Å². The van der Waals surface area contributed by atoms with Crippen LogP contribution in [0.4, 0.5) is 0 Å². The minimum absolute atomic E-state index is 0.0697. The van der Waals surface area contributed by atoms with Gasteiger partial charge in [-0.3, -0.25) is 0 Å². The molecule has 1 atom stereocenters. The van der Waals surface area contributed by atoms with E-state index in [1.807, 2.05) is 13.8 Å². The van der Waals surface area contributed by atoms with Gasteiger partial charge in [-0.25, -0.2) is 0 Å². The van der Waals surface area contributed by atoms with Crippen LogP contribution in [0.15, 0.2) is 12.1 Å². The summed E-state index contributed by atoms with van der Waals surface area (Å²) in [7, 11) is 0. The Morgan fingerprint density at radius 3 is 2.57 bits per heavy atom. The first-order valence-electron chi connectivity index (χ1n) is 5.11. The highest BCUT2D eigenvalue weighted by Crippen LogP contribution is 2.26. The second kappa shape index (κ2) is 5.49. The molecule has 1 aromatic heterocycles. The van der Waals surface area contributed by atoms with Crippen molar-refractivity contribution in [2.75, 3.05) is 6.54 Å². The minimum Gasteiger partial charge on any atom is -0.369 e. The molecule has 0 amide bonds. The summed E-state index contributed by atoms with van der Waals surface area (Å²) in [6, 6.07) is 4.29. The number of thiophene rings is 1. The summed E-state index contributed by atoms with van der Waals surface area (Å²) in [6.07, 6.45) is 1.39. The average molecular weight is 213 g/mol. The fourth-order valence-electron chi connectivity index (χ4n) is 1.32. The monoisotopic (exact) mass is 213 g/mol. The maximum atomic E-state index is 5.73. The summed E-state index contributed by atoms with van der Waals surface area (Å²) in [5.74, 6) is 0. The Morgan fingerprint density at radius 2 is 2.14 bits per heavy atom. The van der Waals surface area contributed by atoms with Gasteiger partial charge in [-0.1, -0.05) is 6.92 Å². The molecule has 0 aliphatic rings. The first-order chi connectivity index (χ1) is 6.67. The molecule has 0 spiro atoms. The lowest BCUT2D eigenvalue weighted by atomic mass is 10.2. The van der Waals surface area contributed by atoms with Gasteiger partial charge in [0.05, 0.1) is 6.10 Å². The maximum Gasteiger partial charge on any atom is 0.104 e. The van der Waals surface area contributed by atoms with Gasteiger partial charge in [0.15, 0.2) is 0 Å². The molecule has 0 saturated heterocycles. The Balaban J connectivity index is 2.68. The molecule has 0 aliphatic heterocycles. The third kappa shape index (κ3) is 3.08. The third-order valence-electron chi connectivity index (χ3n) is 2.00. The Bertz CT molecular complexity index is 270. The van der Waals surface area contributed by atoms with Gasteiger partial charge in [0, 0.05) is 16.3 Å². The van der Waals surface area contributed by atoms with Crippen molar-refractivity contribution in [3.63, 3.8) is 0 Å². The molecule has 1 heterocycles. The van der Waals surface area contributed by atoms with Crippen molar-refractivity contribution in [1.82, 2.24) is 0 Å². The molecule has 0 aromatic carbocycles. The van der Waals surface area contributed by atoms with Crippen molar-refractivity contribution in [1.29, 1.82) is 0 Å².